The maximum Gasteiger partial charge on any atom is 0.0335 e. The molecule has 6 rings (SSSR count). The van der Waals surface area contributed by atoms with E-state index >= 15 is 0 Å². The molecule has 5 heterocycles. The molecule has 1 aromatic heterocycles. The quantitative estimate of drug-likeness (QED) is 0.857. The maximum absolute atomic E-state index is 4.18. The third-order valence-corrected chi connectivity index (χ3v) is 6.73. The number of aromatic nitrogens is 1. The van der Waals surface area contributed by atoms with Gasteiger partial charge in [-0.25, -0.2) is 0 Å². The van der Waals surface area contributed by atoms with E-state index in [9.17, 15) is 0 Å². The molecule has 4 saturated heterocycles. The summed E-state index contributed by atoms with van der Waals surface area (Å²) >= 11 is 0. The first-order valence-electron chi connectivity index (χ1n) is 9.73. The van der Waals surface area contributed by atoms with Crippen molar-refractivity contribution in [1.82, 2.24) is 14.8 Å². The summed E-state index contributed by atoms with van der Waals surface area (Å²) in [7, 11) is 0. The van der Waals surface area contributed by atoms with Crippen molar-refractivity contribution in [2.75, 3.05) is 19.6 Å². The van der Waals surface area contributed by atoms with Gasteiger partial charge in [-0.05, 0) is 62.0 Å². The Hall–Kier alpha value is -1.71. The van der Waals surface area contributed by atoms with Crippen LogP contribution in [-0.4, -0.2) is 46.5 Å². The Morgan fingerprint density at radius 3 is 2.40 bits per heavy atom. The van der Waals surface area contributed by atoms with Crippen molar-refractivity contribution in [3.05, 3.63) is 65.5 Å². The molecule has 2 aromatic rings. The number of rotatable bonds is 3. The second kappa shape index (κ2) is 6.22. The van der Waals surface area contributed by atoms with Gasteiger partial charge in [0.2, 0.25) is 0 Å². The smallest absolute Gasteiger partial charge is 0.0335 e. The summed E-state index contributed by atoms with van der Waals surface area (Å²) in [6, 6.07) is 15.1. The van der Waals surface area contributed by atoms with Crippen molar-refractivity contribution in [3.8, 4) is 0 Å². The Balaban J connectivity index is 1.47. The van der Waals surface area contributed by atoms with E-state index in [0.29, 0.717) is 12.0 Å². The lowest BCUT2D eigenvalue weighted by Gasteiger charge is -2.51. The number of likely N-dealkylation sites (tertiary alicyclic amines) is 1. The van der Waals surface area contributed by atoms with Crippen LogP contribution in [0.15, 0.2) is 48.8 Å². The van der Waals surface area contributed by atoms with Gasteiger partial charge in [-0.1, -0.05) is 29.8 Å². The van der Waals surface area contributed by atoms with Crippen molar-refractivity contribution >= 4 is 0 Å². The lowest BCUT2D eigenvalue weighted by Crippen LogP contribution is -2.59. The molecule has 4 fully saturated rings. The molecule has 4 aliphatic rings. The zero-order valence-electron chi connectivity index (χ0n) is 15.0. The Morgan fingerprint density at radius 2 is 1.68 bits per heavy atom. The Kier molecular flexibility index (Phi) is 3.87. The van der Waals surface area contributed by atoms with Gasteiger partial charge in [-0.15, -0.1) is 0 Å². The zero-order chi connectivity index (χ0) is 16.8. The fourth-order valence-electron chi connectivity index (χ4n) is 5.55. The summed E-state index contributed by atoms with van der Waals surface area (Å²) in [5, 5.41) is 0. The van der Waals surface area contributed by atoms with Crippen LogP contribution in [0, 0.1) is 12.8 Å². The number of pyridine rings is 1. The van der Waals surface area contributed by atoms with Gasteiger partial charge in [0.25, 0.3) is 0 Å². The third-order valence-electron chi connectivity index (χ3n) is 6.73. The van der Waals surface area contributed by atoms with Crippen LogP contribution in [0.2, 0.25) is 0 Å². The highest BCUT2D eigenvalue weighted by Gasteiger charge is 2.52. The largest absolute Gasteiger partial charge is 0.298 e. The highest BCUT2D eigenvalue weighted by atomic mass is 15.3. The molecule has 130 valence electrons. The Labute approximate surface area is 150 Å². The molecule has 0 spiro atoms. The SMILES string of the molecule is Cc1ccc([C@@H]2CN(Cc3ccncc3)[C@H]3C4CCN(CC4)[C@@H]23)cc1. The molecule has 4 aliphatic heterocycles. The van der Waals surface area contributed by atoms with E-state index in [2.05, 4.69) is 58.1 Å². The third kappa shape index (κ3) is 2.70. The van der Waals surface area contributed by atoms with Crippen LogP contribution in [0.3, 0.4) is 0 Å². The van der Waals surface area contributed by atoms with E-state index < -0.39 is 0 Å². The predicted molar refractivity (Wildman–Crippen MR) is 100 cm³/mol. The summed E-state index contributed by atoms with van der Waals surface area (Å²) in [5.41, 5.74) is 4.29. The van der Waals surface area contributed by atoms with Crippen molar-refractivity contribution in [1.29, 1.82) is 0 Å². The molecule has 0 saturated carbocycles. The average molecular weight is 333 g/mol. The zero-order valence-corrected chi connectivity index (χ0v) is 15.0. The number of fused-ring (bicyclic) bond motifs is 2. The van der Waals surface area contributed by atoms with E-state index in [-0.39, 0.29) is 0 Å². The first-order valence-corrected chi connectivity index (χ1v) is 9.73. The van der Waals surface area contributed by atoms with Gasteiger partial charge in [-0.2, -0.15) is 0 Å². The molecular weight excluding hydrogens is 306 g/mol. The molecule has 1 aromatic carbocycles. The predicted octanol–water partition coefficient (Wildman–Crippen LogP) is 3.45. The number of aryl methyl sites for hydroxylation is 1. The van der Waals surface area contributed by atoms with Gasteiger partial charge >= 0.3 is 0 Å². The fraction of sp³-hybridized carbons (Fsp3) is 0.500. The molecular formula is C22H27N3. The van der Waals surface area contributed by atoms with E-state index in [4.69, 9.17) is 0 Å². The van der Waals surface area contributed by atoms with Crippen molar-refractivity contribution in [2.45, 2.75) is 44.3 Å². The van der Waals surface area contributed by atoms with Crippen LogP contribution in [-0.2, 0) is 6.54 Å². The van der Waals surface area contributed by atoms with Crippen molar-refractivity contribution in [3.63, 3.8) is 0 Å². The minimum Gasteiger partial charge on any atom is -0.298 e. The fourth-order valence-corrected chi connectivity index (χ4v) is 5.55. The van der Waals surface area contributed by atoms with Gasteiger partial charge in [0, 0.05) is 43.5 Å². The molecule has 3 nitrogen and oxygen atoms in total. The van der Waals surface area contributed by atoms with Crippen LogP contribution in [0.25, 0.3) is 0 Å². The molecule has 3 heteroatoms. The topological polar surface area (TPSA) is 19.4 Å². The Morgan fingerprint density at radius 1 is 0.960 bits per heavy atom. The summed E-state index contributed by atoms with van der Waals surface area (Å²) in [6.07, 6.45) is 6.62. The van der Waals surface area contributed by atoms with Crippen molar-refractivity contribution in [2.24, 2.45) is 5.92 Å². The normalized spacial score (nSPS) is 34.2. The van der Waals surface area contributed by atoms with Gasteiger partial charge in [0.05, 0.1) is 0 Å². The standard InChI is InChI=1S/C22H27N3/c1-16-2-4-18(5-3-16)20-15-25(14-17-6-10-23-11-7-17)21-19-8-12-24(13-9-19)22(20)21/h2-7,10-11,19-22H,8-9,12-15H2,1H3/t20-,21-,22-/m0/s1. The lowest BCUT2D eigenvalue weighted by molar-refractivity contribution is -0.00869. The minimum absolute atomic E-state index is 0.649. The summed E-state index contributed by atoms with van der Waals surface area (Å²) < 4.78 is 0. The number of hydrogen-bond donors (Lipinski definition) is 0. The maximum atomic E-state index is 4.18. The first kappa shape index (κ1) is 15.5. The van der Waals surface area contributed by atoms with E-state index in [0.717, 1.165) is 18.5 Å². The minimum atomic E-state index is 0.649. The number of benzene rings is 1. The van der Waals surface area contributed by atoms with Crippen LogP contribution >= 0.6 is 0 Å². The first-order chi connectivity index (χ1) is 12.3. The van der Waals surface area contributed by atoms with Crippen LogP contribution in [0.5, 0.6) is 0 Å². The molecule has 3 atom stereocenters. The average Bonchev–Trinajstić information content (AvgIpc) is 3.06. The van der Waals surface area contributed by atoms with Gasteiger partial charge in [-0.3, -0.25) is 14.8 Å². The highest BCUT2D eigenvalue weighted by molar-refractivity contribution is 5.30. The van der Waals surface area contributed by atoms with Crippen molar-refractivity contribution < 1.29 is 0 Å². The number of nitrogens with zero attached hydrogens (tertiary/aromatic N) is 3. The van der Waals surface area contributed by atoms with Crippen LogP contribution in [0.4, 0.5) is 0 Å². The number of hydrogen-bond acceptors (Lipinski definition) is 3. The second-order valence-corrected chi connectivity index (χ2v) is 8.16. The molecule has 0 unspecified atom stereocenters. The van der Waals surface area contributed by atoms with Crippen LogP contribution < -0.4 is 0 Å². The number of piperidine rings is 3. The molecule has 0 aliphatic carbocycles. The van der Waals surface area contributed by atoms with E-state index in [1.807, 2.05) is 12.4 Å². The summed E-state index contributed by atoms with van der Waals surface area (Å²) in [4.78, 5) is 9.76. The second-order valence-electron chi connectivity index (χ2n) is 8.16. The molecule has 25 heavy (non-hydrogen) atoms. The molecule has 0 radical (unpaired) electrons. The monoisotopic (exact) mass is 333 g/mol. The highest BCUT2D eigenvalue weighted by Crippen LogP contribution is 2.46. The van der Waals surface area contributed by atoms with Crippen LogP contribution in [0.1, 0.15) is 35.4 Å². The lowest BCUT2D eigenvalue weighted by atomic mass is 9.75. The van der Waals surface area contributed by atoms with Gasteiger partial charge in [0.1, 0.15) is 0 Å². The molecule has 0 N–H and O–H groups in total. The summed E-state index contributed by atoms with van der Waals surface area (Å²) in [5.74, 6) is 1.53. The molecule has 2 bridgehead atoms. The van der Waals surface area contributed by atoms with Gasteiger partial charge in [0.15, 0.2) is 0 Å². The summed E-state index contributed by atoms with van der Waals surface area (Å²) in [6.45, 7) is 7.04. The van der Waals surface area contributed by atoms with Gasteiger partial charge < -0.3 is 0 Å². The Bertz CT molecular complexity index is 719. The molecule has 0 amide bonds. The van der Waals surface area contributed by atoms with E-state index in [1.165, 1.54) is 49.2 Å². The van der Waals surface area contributed by atoms with E-state index in [1.54, 1.807) is 0 Å².